The van der Waals surface area contributed by atoms with E-state index in [-0.39, 0.29) is 31.2 Å². The van der Waals surface area contributed by atoms with Crippen LogP contribution < -0.4 is 9.92 Å². The second-order valence-corrected chi connectivity index (χ2v) is 10.5. The van der Waals surface area contributed by atoms with Gasteiger partial charge in [0.25, 0.3) is 0 Å². The third-order valence-corrected chi connectivity index (χ3v) is 7.02. The lowest BCUT2D eigenvalue weighted by atomic mass is 9.83. The van der Waals surface area contributed by atoms with Crippen molar-refractivity contribution in [2.75, 3.05) is 26.5 Å². The number of carbonyl (C=O) groups is 2. The Labute approximate surface area is 216 Å². The lowest BCUT2D eigenvalue weighted by Gasteiger charge is -2.25. The summed E-state index contributed by atoms with van der Waals surface area (Å²) in [6, 6.07) is 22.1. The van der Waals surface area contributed by atoms with Gasteiger partial charge in [-0.25, -0.2) is 0 Å². The fraction of sp³-hybridized carbons (Fsp3) is 0.286. The lowest BCUT2D eigenvalue weighted by Crippen LogP contribution is -2.32. The van der Waals surface area contributed by atoms with E-state index in [9.17, 15) is 18.0 Å². The highest BCUT2D eigenvalue weighted by Gasteiger charge is 2.35. The summed E-state index contributed by atoms with van der Waals surface area (Å²) in [7, 11) is -2.43. The minimum atomic E-state index is -3.71. The zero-order valence-electron chi connectivity index (χ0n) is 20.6. The van der Waals surface area contributed by atoms with Crippen molar-refractivity contribution in [2.45, 2.75) is 18.3 Å². The molecule has 9 heteroatoms. The van der Waals surface area contributed by atoms with Crippen LogP contribution >= 0.6 is 0 Å². The van der Waals surface area contributed by atoms with Crippen LogP contribution in [0.1, 0.15) is 34.9 Å². The molecule has 0 amide bonds. The summed E-state index contributed by atoms with van der Waals surface area (Å²) in [6.07, 6.45) is 0.866. The summed E-state index contributed by atoms with van der Waals surface area (Å²) >= 11 is 0. The highest BCUT2D eigenvalue weighted by atomic mass is 32.2. The van der Waals surface area contributed by atoms with E-state index in [1.54, 1.807) is 12.1 Å². The monoisotopic (exact) mass is 523 g/mol. The molecule has 3 aromatic carbocycles. The standard InChI is InChI=1S/C28H29NO7S/c1-34-26(30)15-19(16-29)27(18-11-13-20(14-12-18)36-37(2,32)33)28(31)35-17-25-23-9-5-3-7-21(23)22-8-4-6-10-24(22)25/h3-14,19,25,27H,15-17,29H2,1-2H3. The number of ether oxygens (including phenoxy) is 2. The van der Waals surface area contributed by atoms with Gasteiger partial charge in [0.1, 0.15) is 12.4 Å². The van der Waals surface area contributed by atoms with Crippen LogP contribution in [-0.2, 0) is 29.2 Å². The van der Waals surface area contributed by atoms with Crippen molar-refractivity contribution in [3.63, 3.8) is 0 Å². The molecule has 0 saturated heterocycles. The van der Waals surface area contributed by atoms with Crippen LogP contribution in [0.4, 0.5) is 0 Å². The quantitative estimate of drug-likeness (QED) is 0.316. The first kappa shape index (κ1) is 26.4. The number of rotatable bonds is 10. The maximum Gasteiger partial charge on any atom is 0.313 e. The number of fused-ring (bicyclic) bond motifs is 3. The van der Waals surface area contributed by atoms with Crippen molar-refractivity contribution < 1.29 is 31.7 Å². The van der Waals surface area contributed by atoms with E-state index in [4.69, 9.17) is 19.4 Å². The molecular formula is C28H29NO7S. The van der Waals surface area contributed by atoms with Crippen LogP contribution in [0.5, 0.6) is 5.75 Å². The lowest BCUT2D eigenvalue weighted by molar-refractivity contribution is -0.148. The van der Waals surface area contributed by atoms with Crippen LogP contribution in [0.2, 0.25) is 0 Å². The van der Waals surface area contributed by atoms with Crippen LogP contribution in [0.15, 0.2) is 72.8 Å². The number of methoxy groups -OCH3 is 1. The topological polar surface area (TPSA) is 122 Å². The maximum atomic E-state index is 13.6. The van der Waals surface area contributed by atoms with E-state index >= 15 is 0 Å². The molecule has 37 heavy (non-hydrogen) atoms. The summed E-state index contributed by atoms with van der Waals surface area (Å²) in [4.78, 5) is 25.6. The summed E-state index contributed by atoms with van der Waals surface area (Å²) in [6.45, 7) is 0.152. The van der Waals surface area contributed by atoms with Crippen molar-refractivity contribution in [3.8, 4) is 16.9 Å². The largest absolute Gasteiger partial charge is 0.469 e. The van der Waals surface area contributed by atoms with E-state index in [0.717, 1.165) is 28.5 Å². The van der Waals surface area contributed by atoms with Crippen LogP contribution in [0.3, 0.4) is 0 Å². The highest BCUT2D eigenvalue weighted by Crippen LogP contribution is 2.44. The molecule has 0 spiro atoms. The fourth-order valence-electron chi connectivity index (χ4n) is 4.84. The molecule has 0 aliphatic heterocycles. The number of esters is 2. The first-order valence-corrected chi connectivity index (χ1v) is 13.6. The van der Waals surface area contributed by atoms with Gasteiger partial charge in [-0.3, -0.25) is 9.59 Å². The molecular weight excluding hydrogens is 494 g/mol. The summed E-state index contributed by atoms with van der Waals surface area (Å²) < 4.78 is 38.5. The number of nitrogens with two attached hydrogens (primary N) is 1. The van der Waals surface area contributed by atoms with E-state index in [1.165, 1.54) is 19.2 Å². The third-order valence-electron chi connectivity index (χ3n) is 6.53. The number of carbonyl (C=O) groups excluding carboxylic acids is 2. The molecule has 0 fully saturated rings. The van der Waals surface area contributed by atoms with Gasteiger partial charge in [0.2, 0.25) is 0 Å². The molecule has 2 atom stereocenters. The maximum absolute atomic E-state index is 13.6. The van der Waals surface area contributed by atoms with E-state index in [0.29, 0.717) is 5.56 Å². The Bertz CT molecular complexity index is 1340. The molecule has 1 aliphatic carbocycles. The van der Waals surface area contributed by atoms with Crippen molar-refractivity contribution in [1.29, 1.82) is 0 Å². The smallest absolute Gasteiger partial charge is 0.313 e. The van der Waals surface area contributed by atoms with Crippen molar-refractivity contribution in [2.24, 2.45) is 11.7 Å². The summed E-state index contributed by atoms with van der Waals surface area (Å²) in [5.74, 6) is -2.51. The van der Waals surface area contributed by atoms with Gasteiger partial charge < -0.3 is 19.4 Å². The normalized spacial score (nSPS) is 14.2. The summed E-state index contributed by atoms with van der Waals surface area (Å²) in [5, 5.41) is 0. The minimum Gasteiger partial charge on any atom is -0.469 e. The van der Waals surface area contributed by atoms with Crippen molar-refractivity contribution >= 4 is 22.1 Å². The van der Waals surface area contributed by atoms with E-state index in [1.807, 2.05) is 36.4 Å². The van der Waals surface area contributed by atoms with Gasteiger partial charge in [-0.05, 0) is 52.4 Å². The molecule has 0 radical (unpaired) electrons. The first-order valence-electron chi connectivity index (χ1n) is 11.8. The Morgan fingerprint density at radius 2 is 1.49 bits per heavy atom. The van der Waals surface area contributed by atoms with Gasteiger partial charge in [0.15, 0.2) is 0 Å². The molecule has 2 unspecified atom stereocenters. The fourth-order valence-corrected chi connectivity index (χ4v) is 5.30. The average molecular weight is 524 g/mol. The Hall–Kier alpha value is -3.69. The van der Waals surface area contributed by atoms with E-state index < -0.39 is 33.9 Å². The molecule has 8 nitrogen and oxygen atoms in total. The molecule has 1 aliphatic rings. The Morgan fingerprint density at radius 1 is 0.919 bits per heavy atom. The Kier molecular flexibility index (Phi) is 7.94. The first-order chi connectivity index (χ1) is 17.7. The van der Waals surface area contributed by atoms with Crippen LogP contribution in [0, 0.1) is 5.92 Å². The molecule has 0 saturated carbocycles. The van der Waals surface area contributed by atoms with Gasteiger partial charge in [-0.15, -0.1) is 0 Å². The SMILES string of the molecule is COC(=O)CC(CN)C(C(=O)OCC1c2ccccc2-c2ccccc21)c1ccc(OS(C)(=O)=O)cc1. The van der Waals surface area contributed by atoms with Gasteiger partial charge in [-0.2, -0.15) is 8.42 Å². The van der Waals surface area contributed by atoms with E-state index in [2.05, 4.69) is 12.1 Å². The molecule has 194 valence electrons. The molecule has 0 heterocycles. The third kappa shape index (κ3) is 6.00. The average Bonchev–Trinajstić information content (AvgIpc) is 3.20. The van der Waals surface area contributed by atoms with Crippen LogP contribution in [-0.4, -0.2) is 46.9 Å². The zero-order chi connectivity index (χ0) is 26.6. The second-order valence-electron chi connectivity index (χ2n) is 8.97. The summed E-state index contributed by atoms with van der Waals surface area (Å²) in [5.41, 5.74) is 10.9. The predicted molar refractivity (Wildman–Crippen MR) is 139 cm³/mol. The predicted octanol–water partition coefficient (Wildman–Crippen LogP) is 3.60. The van der Waals surface area contributed by atoms with Crippen molar-refractivity contribution in [3.05, 3.63) is 89.5 Å². The Morgan fingerprint density at radius 3 is 2.00 bits per heavy atom. The van der Waals surface area contributed by atoms with Crippen molar-refractivity contribution in [1.82, 2.24) is 0 Å². The molecule has 0 bridgehead atoms. The zero-order valence-corrected chi connectivity index (χ0v) is 21.4. The van der Waals surface area contributed by atoms with Gasteiger partial charge in [0.05, 0.1) is 25.7 Å². The molecule has 3 aromatic rings. The minimum absolute atomic E-state index is 0.0333. The molecule has 2 N–H and O–H groups in total. The van der Waals surface area contributed by atoms with Gasteiger partial charge in [0, 0.05) is 5.92 Å². The molecule has 4 rings (SSSR count). The van der Waals surface area contributed by atoms with Crippen LogP contribution in [0.25, 0.3) is 11.1 Å². The number of hydrogen-bond acceptors (Lipinski definition) is 8. The number of hydrogen-bond donors (Lipinski definition) is 1. The van der Waals surface area contributed by atoms with Gasteiger partial charge in [-0.1, -0.05) is 60.7 Å². The highest BCUT2D eigenvalue weighted by molar-refractivity contribution is 7.86. The number of benzene rings is 3. The molecule has 0 aromatic heterocycles. The Balaban J connectivity index is 1.60. The van der Waals surface area contributed by atoms with Gasteiger partial charge >= 0.3 is 22.1 Å². The second kappa shape index (κ2) is 11.1.